The van der Waals surface area contributed by atoms with E-state index < -0.39 is 0 Å². The third kappa shape index (κ3) is 1.84. The van der Waals surface area contributed by atoms with Crippen molar-refractivity contribution in [3.63, 3.8) is 0 Å². The molecule has 3 rings (SSSR count). The van der Waals surface area contributed by atoms with Crippen molar-refractivity contribution in [3.05, 3.63) is 35.9 Å². The van der Waals surface area contributed by atoms with Crippen LogP contribution < -0.4 is 5.32 Å². The lowest BCUT2D eigenvalue weighted by molar-refractivity contribution is -0.150. The zero-order valence-corrected chi connectivity index (χ0v) is 9.82. The van der Waals surface area contributed by atoms with Crippen LogP contribution in [0.25, 0.3) is 0 Å². The molecular formula is C14H17NO2. The van der Waals surface area contributed by atoms with E-state index in [9.17, 15) is 4.79 Å². The molecule has 90 valence electrons. The monoisotopic (exact) mass is 231 g/mol. The highest BCUT2D eigenvalue weighted by molar-refractivity contribution is 5.74. The summed E-state index contributed by atoms with van der Waals surface area (Å²) in [7, 11) is 0. The van der Waals surface area contributed by atoms with E-state index in [4.69, 9.17) is 4.74 Å². The molecule has 0 aromatic heterocycles. The van der Waals surface area contributed by atoms with E-state index in [1.165, 1.54) is 5.56 Å². The first-order chi connectivity index (χ1) is 8.30. The van der Waals surface area contributed by atoms with Crippen LogP contribution in [0.2, 0.25) is 0 Å². The van der Waals surface area contributed by atoms with Gasteiger partial charge in [0.25, 0.3) is 0 Å². The molecule has 0 aliphatic carbocycles. The van der Waals surface area contributed by atoms with E-state index >= 15 is 0 Å². The minimum absolute atomic E-state index is 0.0410. The smallest absolute Gasteiger partial charge is 0.307 e. The maximum Gasteiger partial charge on any atom is 0.307 e. The molecule has 2 fully saturated rings. The lowest BCUT2D eigenvalue weighted by Crippen LogP contribution is -2.45. The van der Waals surface area contributed by atoms with Gasteiger partial charge in [-0.15, -0.1) is 0 Å². The highest BCUT2D eigenvalue weighted by Gasteiger charge is 2.49. The van der Waals surface area contributed by atoms with E-state index in [1.807, 2.05) is 18.2 Å². The van der Waals surface area contributed by atoms with Gasteiger partial charge in [-0.25, -0.2) is 0 Å². The van der Waals surface area contributed by atoms with Crippen molar-refractivity contribution in [2.45, 2.75) is 30.8 Å². The fourth-order valence-corrected chi connectivity index (χ4v) is 3.10. The molecule has 1 N–H and O–H groups in total. The van der Waals surface area contributed by atoms with Crippen LogP contribution in [-0.4, -0.2) is 24.7 Å². The summed E-state index contributed by atoms with van der Waals surface area (Å²) in [5.41, 5.74) is 0.990. The van der Waals surface area contributed by atoms with Gasteiger partial charge in [0, 0.05) is 18.8 Å². The van der Waals surface area contributed by atoms with Crippen molar-refractivity contribution in [2.24, 2.45) is 0 Å². The second-order valence-electron chi connectivity index (χ2n) is 4.96. The summed E-state index contributed by atoms with van der Waals surface area (Å²) in [6, 6.07) is 10.3. The van der Waals surface area contributed by atoms with Gasteiger partial charge in [-0.1, -0.05) is 30.3 Å². The minimum atomic E-state index is -0.246. The zero-order valence-electron chi connectivity index (χ0n) is 9.82. The van der Waals surface area contributed by atoms with Gasteiger partial charge in [0.15, 0.2) is 0 Å². The normalized spacial score (nSPS) is 27.1. The van der Waals surface area contributed by atoms with Crippen molar-refractivity contribution in [1.29, 1.82) is 0 Å². The Balaban J connectivity index is 1.94. The summed E-state index contributed by atoms with van der Waals surface area (Å²) in [5.74, 6) is 0.194. The number of piperidine rings is 1. The first-order valence-corrected chi connectivity index (χ1v) is 6.28. The Kier molecular flexibility index (Phi) is 2.63. The Morgan fingerprint density at radius 1 is 1.18 bits per heavy atom. The van der Waals surface area contributed by atoms with Crippen LogP contribution in [0.3, 0.4) is 0 Å². The molecule has 0 saturated carbocycles. The fourth-order valence-electron chi connectivity index (χ4n) is 3.10. The van der Waals surface area contributed by atoms with Crippen LogP contribution in [-0.2, 0) is 9.53 Å². The van der Waals surface area contributed by atoms with Gasteiger partial charge in [0.2, 0.25) is 0 Å². The van der Waals surface area contributed by atoms with Crippen LogP contribution in [0, 0.1) is 0 Å². The largest absolute Gasteiger partial charge is 0.458 e. The van der Waals surface area contributed by atoms with Crippen molar-refractivity contribution in [1.82, 2.24) is 5.32 Å². The summed E-state index contributed by atoms with van der Waals surface area (Å²) >= 11 is 0. The van der Waals surface area contributed by atoms with Crippen LogP contribution in [0.15, 0.2) is 30.3 Å². The molecule has 0 radical (unpaired) electrons. The number of carbonyl (C=O) groups is 1. The summed E-state index contributed by atoms with van der Waals surface area (Å²) in [4.78, 5) is 11.7. The van der Waals surface area contributed by atoms with Crippen LogP contribution in [0.1, 0.15) is 30.7 Å². The molecule has 2 aliphatic rings. The predicted molar refractivity (Wildman–Crippen MR) is 64.7 cm³/mol. The van der Waals surface area contributed by atoms with E-state index in [-0.39, 0.29) is 17.5 Å². The fraction of sp³-hybridized carbons (Fsp3) is 0.500. The molecule has 0 bridgehead atoms. The van der Waals surface area contributed by atoms with Gasteiger partial charge in [0.1, 0.15) is 5.60 Å². The molecule has 1 aromatic carbocycles. The maximum atomic E-state index is 11.7. The van der Waals surface area contributed by atoms with Gasteiger partial charge in [-0.3, -0.25) is 4.79 Å². The standard InChI is InChI=1S/C14H17NO2/c16-13-10-12(11-4-2-1-3-5-11)14(17-13)6-8-15-9-7-14/h1-5,12,15H,6-10H2. The van der Waals surface area contributed by atoms with E-state index in [0.717, 1.165) is 25.9 Å². The highest BCUT2D eigenvalue weighted by Crippen LogP contribution is 2.45. The number of carbonyl (C=O) groups excluding carboxylic acids is 1. The number of hydrogen-bond acceptors (Lipinski definition) is 3. The van der Waals surface area contributed by atoms with Gasteiger partial charge < -0.3 is 10.1 Å². The second-order valence-corrected chi connectivity index (χ2v) is 4.96. The first-order valence-electron chi connectivity index (χ1n) is 6.28. The van der Waals surface area contributed by atoms with E-state index in [2.05, 4.69) is 17.4 Å². The molecule has 2 saturated heterocycles. The minimum Gasteiger partial charge on any atom is -0.458 e. The Labute approximate surface area is 101 Å². The zero-order chi connectivity index (χ0) is 11.7. The lowest BCUT2D eigenvalue weighted by Gasteiger charge is -2.37. The molecule has 0 amide bonds. The molecule has 17 heavy (non-hydrogen) atoms. The number of nitrogens with one attached hydrogen (secondary N) is 1. The maximum absolute atomic E-state index is 11.7. The molecule has 2 heterocycles. The number of ether oxygens (including phenoxy) is 1. The lowest BCUT2D eigenvalue weighted by atomic mass is 9.76. The SMILES string of the molecule is O=C1CC(c2ccccc2)C2(CCNCC2)O1. The van der Waals surface area contributed by atoms with Gasteiger partial charge in [-0.2, -0.15) is 0 Å². The molecule has 3 nitrogen and oxygen atoms in total. The van der Waals surface area contributed by atoms with Crippen LogP contribution in [0.4, 0.5) is 0 Å². The molecule has 3 heteroatoms. The number of hydrogen-bond donors (Lipinski definition) is 1. The molecule has 1 spiro atoms. The van der Waals surface area contributed by atoms with Crippen LogP contribution >= 0.6 is 0 Å². The molecule has 1 aromatic rings. The number of esters is 1. The van der Waals surface area contributed by atoms with Crippen molar-refractivity contribution < 1.29 is 9.53 Å². The first kappa shape index (κ1) is 10.8. The topological polar surface area (TPSA) is 38.3 Å². The predicted octanol–water partition coefficient (Wildman–Crippen LogP) is 1.84. The molecular weight excluding hydrogens is 214 g/mol. The van der Waals surface area contributed by atoms with Gasteiger partial charge in [-0.05, 0) is 18.7 Å². The Morgan fingerprint density at radius 2 is 1.88 bits per heavy atom. The molecule has 2 aliphatic heterocycles. The van der Waals surface area contributed by atoms with E-state index in [1.54, 1.807) is 0 Å². The third-order valence-corrected chi connectivity index (χ3v) is 3.97. The third-order valence-electron chi connectivity index (χ3n) is 3.97. The summed E-state index contributed by atoms with van der Waals surface area (Å²) in [5, 5.41) is 3.33. The summed E-state index contributed by atoms with van der Waals surface area (Å²) in [6.07, 6.45) is 2.39. The number of rotatable bonds is 1. The average molecular weight is 231 g/mol. The molecule has 1 unspecified atom stereocenters. The quantitative estimate of drug-likeness (QED) is 0.749. The van der Waals surface area contributed by atoms with Crippen LogP contribution in [0.5, 0.6) is 0 Å². The van der Waals surface area contributed by atoms with Crippen molar-refractivity contribution >= 4 is 5.97 Å². The van der Waals surface area contributed by atoms with Gasteiger partial charge in [0.05, 0.1) is 6.42 Å². The Morgan fingerprint density at radius 3 is 2.59 bits per heavy atom. The summed E-state index contributed by atoms with van der Waals surface area (Å²) < 4.78 is 5.68. The van der Waals surface area contributed by atoms with Gasteiger partial charge >= 0.3 is 5.97 Å². The number of benzene rings is 1. The summed E-state index contributed by atoms with van der Waals surface area (Å²) in [6.45, 7) is 1.88. The second kappa shape index (κ2) is 4.15. The van der Waals surface area contributed by atoms with Crippen molar-refractivity contribution in [2.75, 3.05) is 13.1 Å². The van der Waals surface area contributed by atoms with E-state index in [0.29, 0.717) is 6.42 Å². The highest BCUT2D eigenvalue weighted by atomic mass is 16.6. The Bertz CT molecular complexity index is 409. The molecule has 1 atom stereocenters. The average Bonchev–Trinajstić information content (AvgIpc) is 2.68. The Hall–Kier alpha value is -1.35. The van der Waals surface area contributed by atoms with Crippen molar-refractivity contribution in [3.8, 4) is 0 Å².